The Morgan fingerprint density at radius 3 is 2.52 bits per heavy atom. The minimum atomic E-state index is -0.696. The molecule has 2 aromatic rings. The van der Waals surface area contributed by atoms with Crippen LogP contribution < -0.4 is 5.73 Å². The zero-order valence-electron chi connectivity index (χ0n) is 12.7. The molecule has 2 N–H and O–H groups in total. The molecule has 0 spiro atoms. The van der Waals surface area contributed by atoms with Crippen molar-refractivity contribution >= 4 is 34.7 Å². The molecule has 1 heterocycles. The summed E-state index contributed by atoms with van der Waals surface area (Å²) < 4.78 is 5.65. The first-order valence-electron chi connectivity index (χ1n) is 7.43. The van der Waals surface area contributed by atoms with Crippen molar-refractivity contribution in [2.45, 2.75) is 5.92 Å². The lowest BCUT2D eigenvalue weighted by molar-refractivity contribution is 0.103. The number of nitriles is 1. The molecule has 0 saturated carbocycles. The number of allylic oxidation sites excluding steroid dienone is 2. The van der Waals surface area contributed by atoms with E-state index in [1.165, 1.54) is 0 Å². The predicted octanol–water partition coefficient (Wildman–Crippen LogP) is 4.41. The van der Waals surface area contributed by atoms with Gasteiger partial charge in [-0.1, -0.05) is 53.5 Å². The summed E-state index contributed by atoms with van der Waals surface area (Å²) in [6.07, 6.45) is 0. The largest absolute Gasteiger partial charge is 0.439 e. The maximum absolute atomic E-state index is 13.0. The summed E-state index contributed by atoms with van der Waals surface area (Å²) in [5.74, 6) is -0.532. The molecule has 1 aliphatic carbocycles. The van der Waals surface area contributed by atoms with Crippen LogP contribution in [0.4, 0.5) is 0 Å². The minimum absolute atomic E-state index is 0.0261. The Kier molecular flexibility index (Phi) is 3.57. The number of fused-ring (bicyclic) bond motifs is 2. The van der Waals surface area contributed by atoms with Crippen LogP contribution in [0, 0.1) is 11.3 Å². The number of nitrogens with zero attached hydrogens (tertiary/aromatic N) is 1. The highest BCUT2D eigenvalue weighted by atomic mass is 35.5. The van der Waals surface area contributed by atoms with Crippen molar-refractivity contribution in [1.29, 1.82) is 5.26 Å². The number of carbonyl (C=O) groups excluding carboxylic acids is 1. The summed E-state index contributed by atoms with van der Waals surface area (Å²) in [5.41, 5.74) is 8.28. The van der Waals surface area contributed by atoms with Gasteiger partial charge in [-0.3, -0.25) is 4.79 Å². The molecule has 1 atom stereocenters. The topological polar surface area (TPSA) is 76.1 Å². The number of Topliss-reactive ketones (excluding diaryl/α,β-unsaturated/α-hetero) is 1. The van der Waals surface area contributed by atoms with E-state index in [2.05, 4.69) is 6.07 Å². The van der Waals surface area contributed by atoms with Gasteiger partial charge in [-0.15, -0.1) is 0 Å². The summed E-state index contributed by atoms with van der Waals surface area (Å²) in [6.45, 7) is 0. The van der Waals surface area contributed by atoms with Crippen molar-refractivity contribution in [3.63, 3.8) is 0 Å². The second-order valence-electron chi connectivity index (χ2n) is 5.71. The summed E-state index contributed by atoms with van der Waals surface area (Å²) in [6, 6.07) is 14.1. The van der Waals surface area contributed by atoms with Crippen molar-refractivity contribution in [2.75, 3.05) is 0 Å². The van der Waals surface area contributed by atoms with Crippen molar-refractivity contribution in [1.82, 2.24) is 0 Å². The first-order valence-corrected chi connectivity index (χ1v) is 8.19. The fraction of sp³-hybridized carbons (Fsp3) is 0.0526. The molecule has 2 aliphatic rings. The van der Waals surface area contributed by atoms with Crippen LogP contribution in [0.1, 0.15) is 27.4 Å². The third kappa shape index (κ3) is 2.25. The van der Waals surface area contributed by atoms with E-state index in [1.807, 2.05) is 6.07 Å². The average Bonchev–Trinajstić information content (AvgIpc) is 2.87. The van der Waals surface area contributed by atoms with Crippen LogP contribution in [-0.4, -0.2) is 5.78 Å². The van der Waals surface area contributed by atoms with E-state index in [9.17, 15) is 10.1 Å². The van der Waals surface area contributed by atoms with Gasteiger partial charge >= 0.3 is 0 Å². The van der Waals surface area contributed by atoms with E-state index in [4.69, 9.17) is 33.7 Å². The van der Waals surface area contributed by atoms with Crippen LogP contribution in [0.5, 0.6) is 0 Å². The number of hydrogen-bond donors (Lipinski definition) is 1. The molecule has 0 saturated heterocycles. The van der Waals surface area contributed by atoms with E-state index in [1.54, 1.807) is 36.4 Å². The monoisotopic (exact) mass is 368 g/mol. The Morgan fingerprint density at radius 2 is 1.84 bits per heavy atom. The molecule has 0 aromatic heterocycles. The lowest BCUT2D eigenvalue weighted by Gasteiger charge is -2.25. The second-order valence-corrected chi connectivity index (χ2v) is 6.55. The highest BCUT2D eigenvalue weighted by Crippen LogP contribution is 2.49. The molecule has 122 valence electrons. The number of benzene rings is 2. The van der Waals surface area contributed by atoms with E-state index >= 15 is 0 Å². The van der Waals surface area contributed by atoms with Crippen molar-refractivity contribution in [3.05, 3.63) is 86.2 Å². The zero-order chi connectivity index (χ0) is 17.7. The average molecular weight is 369 g/mol. The van der Waals surface area contributed by atoms with Crippen molar-refractivity contribution < 1.29 is 9.53 Å². The van der Waals surface area contributed by atoms with Gasteiger partial charge < -0.3 is 10.5 Å². The molecule has 0 bridgehead atoms. The number of rotatable bonds is 1. The quantitative estimate of drug-likeness (QED) is 0.808. The third-order valence-corrected chi connectivity index (χ3v) is 4.92. The highest BCUT2D eigenvalue weighted by molar-refractivity contribution is 6.35. The fourth-order valence-electron chi connectivity index (χ4n) is 3.26. The molecule has 0 amide bonds. The first kappa shape index (κ1) is 15.8. The van der Waals surface area contributed by atoms with Gasteiger partial charge in [-0.2, -0.15) is 5.26 Å². The number of halogens is 2. The molecular formula is C19H10Cl2N2O2. The number of carbonyl (C=O) groups is 1. The van der Waals surface area contributed by atoms with Gasteiger partial charge in [0, 0.05) is 21.2 Å². The smallest absolute Gasteiger partial charge is 0.205 e. The van der Waals surface area contributed by atoms with Crippen molar-refractivity contribution in [2.24, 2.45) is 5.73 Å². The normalized spacial score (nSPS) is 18.6. The summed E-state index contributed by atoms with van der Waals surface area (Å²) >= 11 is 12.3. The standard InChI is InChI=1S/C19H10Cl2N2O2/c20-9-5-6-12(14(21)7-9)15-13(8-22)19(23)25-18-11-4-2-1-3-10(11)17(24)16(15)18/h1-7,15H,23H2. The molecule has 0 radical (unpaired) electrons. The van der Waals surface area contributed by atoms with Gasteiger partial charge in [0.05, 0.1) is 11.5 Å². The number of ether oxygens (including phenoxy) is 1. The van der Waals surface area contributed by atoms with Crippen LogP contribution >= 0.6 is 23.2 Å². The molecule has 1 unspecified atom stereocenters. The van der Waals surface area contributed by atoms with Gasteiger partial charge in [-0.25, -0.2) is 0 Å². The van der Waals surface area contributed by atoms with Gasteiger partial charge in [0.25, 0.3) is 0 Å². The Balaban J connectivity index is 1.99. The summed E-state index contributed by atoms with van der Waals surface area (Å²) in [5, 5.41) is 10.4. The SMILES string of the molecule is N#CC1=C(N)OC2=C(C(=O)c3ccccc32)C1c1ccc(Cl)cc1Cl. The van der Waals surface area contributed by atoms with Crippen LogP contribution in [0.2, 0.25) is 10.0 Å². The Morgan fingerprint density at radius 1 is 1.12 bits per heavy atom. The third-order valence-electron chi connectivity index (χ3n) is 4.35. The van der Waals surface area contributed by atoms with Gasteiger partial charge in [0.2, 0.25) is 5.88 Å². The van der Waals surface area contributed by atoms with Gasteiger partial charge in [-0.05, 0) is 17.7 Å². The zero-order valence-corrected chi connectivity index (χ0v) is 14.2. The Hall–Kier alpha value is -2.74. The van der Waals surface area contributed by atoms with Gasteiger partial charge in [0.1, 0.15) is 17.4 Å². The van der Waals surface area contributed by atoms with Crippen LogP contribution in [0.3, 0.4) is 0 Å². The van der Waals surface area contributed by atoms with E-state index < -0.39 is 5.92 Å². The maximum Gasteiger partial charge on any atom is 0.205 e. The lowest BCUT2D eigenvalue weighted by atomic mass is 9.82. The molecule has 25 heavy (non-hydrogen) atoms. The van der Waals surface area contributed by atoms with Crippen molar-refractivity contribution in [3.8, 4) is 6.07 Å². The minimum Gasteiger partial charge on any atom is -0.439 e. The molecule has 1 aliphatic heterocycles. The molecule has 6 heteroatoms. The Labute approximate surface area is 153 Å². The predicted molar refractivity (Wildman–Crippen MR) is 94.8 cm³/mol. The molecule has 4 rings (SSSR count). The summed E-state index contributed by atoms with van der Waals surface area (Å²) in [4.78, 5) is 13.0. The molecule has 0 fully saturated rings. The fourth-order valence-corrected chi connectivity index (χ4v) is 3.78. The van der Waals surface area contributed by atoms with Crippen LogP contribution in [0.25, 0.3) is 5.76 Å². The summed E-state index contributed by atoms with van der Waals surface area (Å²) in [7, 11) is 0. The lowest BCUT2D eigenvalue weighted by Crippen LogP contribution is -2.21. The first-order chi connectivity index (χ1) is 12.0. The number of ketones is 1. The maximum atomic E-state index is 13.0. The van der Waals surface area contributed by atoms with E-state index in [0.29, 0.717) is 38.1 Å². The molecular weight excluding hydrogens is 359 g/mol. The molecule has 4 nitrogen and oxygen atoms in total. The van der Waals surface area contributed by atoms with E-state index in [0.717, 1.165) is 0 Å². The van der Waals surface area contributed by atoms with Crippen LogP contribution in [-0.2, 0) is 4.74 Å². The highest BCUT2D eigenvalue weighted by Gasteiger charge is 2.43. The number of nitrogens with two attached hydrogens (primary N) is 1. The second kappa shape index (κ2) is 5.66. The van der Waals surface area contributed by atoms with Crippen LogP contribution in [0.15, 0.2) is 59.5 Å². The number of hydrogen-bond acceptors (Lipinski definition) is 4. The van der Waals surface area contributed by atoms with Gasteiger partial charge in [0.15, 0.2) is 5.78 Å². The Bertz CT molecular complexity index is 1050. The molecule has 2 aromatic carbocycles. The van der Waals surface area contributed by atoms with E-state index in [-0.39, 0.29) is 17.2 Å².